The Labute approximate surface area is 187 Å². The second-order valence-electron chi connectivity index (χ2n) is 12.1. The molecule has 3 aliphatic rings. The molecule has 0 spiro atoms. The number of phenols is 1. The summed E-state index contributed by atoms with van der Waals surface area (Å²) in [6, 6.07) is 4.70. The lowest BCUT2D eigenvalue weighted by Gasteiger charge is -2.65. The van der Waals surface area contributed by atoms with Crippen LogP contribution in [0.25, 0.3) is 0 Å². The summed E-state index contributed by atoms with van der Waals surface area (Å²) in [5.74, 6) is 0.890. The molecule has 3 aliphatic carbocycles. The second kappa shape index (κ2) is 7.23. The van der Waals surface area contributed by atoms with Gasteiger partial charge in [-0.1, -0.05) is 34.6 Å². The van der Waals surface area contributed by atoms with E-state index in [1.54, 1.807) is 6.07 Å². The van der Waals surface area contributed by atoms with Gasteiger partial charge in [-0.05, 0) is 108 Å². The van der Waals surface area contributed by atoms with E-state index >= 15 is 0 Å². The third-order valence-corrected chi connectivity index (χ3v) is 11.0. The minimum Gasteiger partial charge on any atom is -0.508 e. The number of carboxylic acids is 1. The van der Waals surface area contributed by atoms with Crippen molar-refractivity contribution >= 4 is 5.97 Å². The van der Waals surface area contributed by atoms with Crippen LogP contribution in [0.1, 0.15) is 89.1 Å². The standard InChI is InChI=1S/C27H40O4/c1-17-8-12-25(3)21(10-13-27(5)22(25)9-11-24(27,2)16-28)26(17,4)15-19-14-18(23(30)31)6-7-20(19)29/h6-7,14,17,21-22,28-29H,8-13,15-16H2,1-5H3,(H,30,31)/t17-,21?,22?,24+,25+,26-,27-/m1/s1. The number of phenolic OH excluding ortho intramolecular Hbond substituents is 1. The van der Waals surface area contributed by atoms with Gasteiger partial charge in [0.05, 0.1) is 5.56 Å². The molecule has 31 heavy (non-hydrogen) atoms. The maximum absolute atomic E-state index is 11.5. The third kappa shape index (κ3) is 3.08. The predicted molar refractivity (Wildman–Crippen MR) is 122 cm³/mol. The van der Waals surface area contributed by atoms with Gasteiger partial charge in [0.25, 0.3) is 0 Å². The van der Waals surface area contributed by atoms with Gasteiger partial charge in [-0.3, -0.25) is 0 Å². The maximum Gasteiger partial charge on any atom is 0.335 e. The van der Waals surface area contributed by atoms with E-state index in [-0.39, 0.29) is 39.6 Å². The lowest BCUT2D eigenvalue weighted by Crippen LogP contribution is -2.59. The van der Waals surface area contributed by atoms with Crippen LogP contribution in [0.5, 0.6) is 5.75 Å². The molecule has 172 valence electrons. The molecule has 0 bridgehead atoms. The van der Waals surface area contributed by atoms with E-state index in [1.165, 1.54) is 25.0 Å². The first kappa shape index (κ1) is 22.6. The van der Waals surface area contributed by atoms with Gasteiger partial charge in [-0.15, -0.1) is 0 Å². The third-order valence-electron chi connectivity index (χ3n) is 11.0. The Balaban J connectivity index is 1.72. The van der Waals surface area contributed by atoms with Crippen LogP contribution in [-0.4, -0.2) is 27.9 Å². The van der Waals surface area contributed by atoms with Gasteiger partial charge in [-0.25, -0.2) is 4.79 Å². The molecular formula is C27H40O4. The van der Waals surface area contributed by atoms with E-state index in [1.807, 2.05) is 0 Å². The number of carboxylic acid groups (broad SMARTS) is 1. The fourth-order valence-electron chi connectivity index (χ4n) is 8.50. The van der Waals surface area contributed by atoms with Gasteiger partial charge in [0.1, 0.15) is 5.75 Å². The van der Waals surface area contributed by atoms with E-state index in [4.69, 9.17) is 0 Å². The summed E-state index contributed by atoms with van der Waals surface area (Å²) in [4.78, 5) is 11.5. The van der Waals surface area contributed by atoms with Crippen molar-refractivity contribution in [2.75, 3.05) is 6.61 Å². The molecule has 0 aliphatic heterocycles. The van der Waals surface area contributed by atoms with Crippen LogP contribution in [-0.2, 0) is 6.42 Å². The number of aromatic hydroxyl groups is 1. The first-order valence-electron chi connectivity index (χ1n) is 12.1. The van der Waals surface area contributed by atoms with Crippen LogP contribution in [0.2, 0.25) is 0 Å². The first-order valence-corrected chi connectivity index (χ1v) is 12.1. The van der Waals surface area contributed by atoms with E-state index in [0.717, 1.165) is 31.2 Å². The lowest BCUT2D eigenvalue weighted by atomic mass is 9.39. The van der Waals surface area contributed by atoms with Crippen LogP contribution in [0, 0.1) is 39.4 Å². The fourth-order valence-corrected chi connectivity index (χ4v) is 8.50. The van der Waals surface area contributed by atoms with Gasteiger partial charge >= 0.3 is 5.97 Å². The molecule has 3 saturated carbocycles. The van der Waals surface area contributed by atoms with Crippen molar-refractivity contribution < 1.29 is 20.1 Å². The molecule has 3 fully saturated rings. The topological polar surface area (TPSA) is 77.8 Å². The predicted octanol–water partition coefficient (Wildman–Crippen LogP) is 5.90. The second-order valence-corrected chi connectivity index (χ2v) is 12.1. The highest BCUT2D eigenvalue weighted by Gasteiger charge is 2.66. The Hall–Kier alpha value is -1.55. The number of aliphatic hydroxyl groups is 1. The summed E-state index contributed by atoms with van der Waals surface area (Å²) in [7, 11) is 0. The minimum atomic E-state index is -0.949. The number of fused-ring (bicyclic) bond motifs is 3. The SMILES string of the molecule is C[C@@H]1CC[C@@]2(C)C(CC[C@]3(C)C2CC[C@@]3(C)CO)[C@]1(C)Cc1cc(C(=O)O)ccc1O. The molecule has 0 saturated heterocycles. The summed E-state index contributed by atoms with van der Waals surface area (Å²) in [6.07, 6.45) is 7.65. The molecule has 1 aromatic carbocycles. The van der Waals surface area contributed by atoms with Crippen molar-refractivity contribution in [3.63, 3.8) is 0 Å². The van der Waals surface area contributed by atoms with Gasteiger partial charge in [-0.2, -0.15) is 0 Å². The Morgan fingerprint density at radius 1 is 1.03 bits per heavy atom. The number of aliphatic hydroxyl groups excluding tert-OH is 1. The van der Waals surface area contributed by atoms with E-state index < -0.39 is 5.97 Å². The molecule has 0 aromatic heterocycles. The van der Waals surface area contributed by atoms with Gasteiger partial charge < -0.3 is 15.3 Å². The molecular weight excluding hydrogens is 388 g/mol. The normalized spacial score (nSPS) is 44.5. The minimum absolute atomic E-state index is 0.000795. The summed E-state index contributed by atoms with van der Waals surface area (Å²) >= 11 is 0. The Morgan fingerprint density at radius 2 is 1.71 bits per heavy atom. The molecule has 1 aromatic rings. The summed E-state index contributed by atoms with van der Waals surface area (Å²) in [6.45, 7) is 12.2. The number of aromatic carboxylic acids is 1. The fraction of sp³-hybridized carbons (Fsp3) is 0.741. The molecule has 0 amide bonds. The number of benzene rings is 1. The number of hydrogen-bond donors (Lipinski definition) is 3. The molecule has 4 nitrogen and oxygen atoms in total. The van der Waals surface area contributed by atoms with Crippen molar-refractivity contribution in [1.29, 1.82) is 0 Å². The van der Waals surface area contributed by atoms with Crippen LogP contribution < -0.4 is 0 Å². The Morgan fingerprint density at radius 3 is 2.35 bits per heavy atom. The number of carbonyl (C=O) groups is 1. The highest BCUT2D eigenvalue weighted by Crippen LogP contribution is 2.73. The molecule has 2 unspecified atom stereocenters. The molecule has 4 rings (SSSR count). The summed E-state index contributed by atoms with van der Waals surface area (Å²) in [5.41, 5.74) is 1.38. The van der Waals surface area contributed by atoms with Crippen molar-refractivity contribution in [3.8, 4) is 5.75 Å². The Kier molecular flexibility index (Phi) is 5.28. The van der Waals surface area contributed by atoms with Gasteiger partial charge in [0, 0.05) is 6.61 Å². The van der Waals surface area contributed by atoms with E-state index in [9.17, 15) is 20.1 Å². The summed E-state index contributed by atoms with van der Waals surface area (Å²) in [5, 5.41) is 30.3. The van der Waals surface area contributed by atoms with E-state index in [0.29, 0.717) is 24.2 Å². The molecule has 0 heterocycles. The van der Waals surface area contributed by atoms with Gasteiger partial charge in [0.15, 0.2) is 0 Å². The molecule has 7 atom stereocenters. The largest absolute Gasteiger partial charge is 0.508 e. The van der Waals surface area contributed by atoms with Crippen molar-refractivity contribution in [2.24, 2.45) is 39.4 Å². The van der Waals surface area contributed by atoms with Crippen LogP contribution in [0.15, 0.2) is 18.2 Å². The number of rotatable bonds is 4. The average Bonchev–Trinajstić information content (AvgIpc) is 2.99. The lowest BCUT2D eigenvalue weighted by molar-refractivity contribution is -0.166. The zero-order valence-electron chi connectivity index (χ0n) is 19.9. The quantitative estimate of drug-likeness (QED) is 0.558. The van der Waals surface area contributed by atoms with Crippen molar-refractivity contribution in [2.45, 2.75) is 79.6 Å². The van der Waals surface area contributed by atoms with Crippen molar-refractivity contribution in [1.82, 2.24) is 0 Å². The summed E-state index contributed by atoms with van der Waals surface area (Å²) < 4.78 is 0. The zero-order valence-corrected chi connectivity index (χ0v) is 19.9. The molecule has 0 radical (unpaired) electrons. The van der Waals surface area contributed by atoms with Crippen LogP contribution in [0.4, 0.5) is 0 Å². The number of hydrogen-bond acceptors (Lipinski definition) is 3. The molecule has 3 N–H and O–H groups in total. The zero-order chi connectivity index (χ0) is 22.8. The van der Waals surface area contributed by atoms with Crippen molar-refractivity contribution in [3.05, 3.63) is 29.3 Å². The van der Waals surface area contributed by atoms with Crippen LogP contribution in [0.3, 0.4) is 0 Å². The maximum atomic E-state index is 11.5. The monoisotopic (exact) mass is 428 g/mol. The highest BCUT2D eigenvalue weighted by atomic mass is 16.4. The first-order chi connectivity index (χ1) is 14.4. The average molecular weight is 429 g/mol. The van der Waals surface area contributed by atoms with Crippen LogP contribution >= 0.6 is 0 Å². The smallest absolute Gasteiger partial charge is 0.335 e. The Bertz CT molecular complexity index is 880. The van der Waals surface area contributed by atoms with Gasteiger partial charge in [0.2, 0.25) is 0 Å². The molecule has 4 heteroatoms. The highest BCUT2D eigenvalue weighted by molar-refractivity contribution is 5.88. The van der Waals surface area contributed by atoms with E-state index in [2.05, 4.69) is 34.6 Å².